The average Bonchev–Trinajstić information content (AvgIpc) is 3.04. The summed E-state index contributed by atoms with van der Waals surface area (Å²) in [5.74, 6) is 0.361. The van der Waals surface area contributed by atoms with Crippen molar-refractivity contribution < 1.29 is 4.79 Å². The number of hydrogen-bond acceptors (Lipinski definition) is 3. The fourth-order valence-corrected chi connectivity index (χ4v) is 3.72. The number of rotatable bonds is 4. The van der Waals surface area contributed by atoms with Crippen molar-refractivity contribution >= 4 is 11.5 Å². The van der Waals surface area contributed by atoms with Crippen molar-refractivity contribution in [3.8, 4) is 11.3 Å². The van der Waals surface area contributed by atoms with Gasteiger partial charge in [0, 0.05) is 29.8 Å². The summed E-state index contributed by atoms with van der Waals surface area (Å²) in [4.78, 5) is 15.4. The summed E-state index contributed by atoms with van der Waals surface area (Å²) in [7, 11) is 1.93. The van der Waals surface area contributed by atoms with Gasteiger partial charge >= 0.3 is 0 Å². The van der Waals surface area contributed by atoms with E-state index in [0.29, 0.717) is 6.54 Å². The topological polar surface area (TPSA) is 51.0 Å². The predicted molar refractivity (Wildman–Crippen MR) is 113 cm³/mol. The number of fused-ring (bicyclic) bond motifs is 3. The lowest BCUT2D eigenvalue weighted by Gasteiger charge is -2.32. The summed E-state index contributed by atoms with van der Waals surface area (Å²) < 4.78 is 1.84. The highest BCUT2D eigenvalue weighted by atomic mass is 16.2. The summed E-state index contributed by atoms with van der Waals surface area (Å²) in [6, 6.07) is 8.25. The van der Waals surface area contributed by atoms with Gasteiger partial charge in [-0.05, 0) is 30.9 Å². The number of benzene rings is 1. The lowest BCUT2D eigenvalue weighted by Crippen LogP contribution is -2.36. The van der Waals surface area contributed by atoms with Gasteiger partial charge in [-0.2, -0.15) is 0 Å². The molecule has 0 fully saturated rings. The third kappa shape index (κ3) is 3.41. The minimum Gasteiger partial charge on any atom is -0.307 e. The number of hydrogen-bond donors (Lipinski definition) is 0. The first kappa shape index (κ1) is 20.1. The maximum atomic E-state index is 13.5. The van der Waals surface area contributed by atoms with Crippen molar-refractivity contribution in [3.63, 3.8) is 0 Å². The highest BCUT2D eigenvalue weighted by Crippen LogP contribution is 2.38. The van der Waals surface area contributed by atoms with E-state index in [9.17, 15) is 4.79 Å². The van der Waals surface area contributed by atoms with Crippen LogP contribution < -0.4 is 0 Å². The number of aromatic nitrogens is 3. The molecule has 0 N–H and O–H groups in total. The van der Waals surface area contributed by atoms with Crippen molar-refractivity contribution in [1.82, 2.24) is 19.9 Å². The van der Waals surface area contributed by atoms with Crippen LogP contribution in [0.4, 0.5) is 0 Å². The molecule has 1 aromatic heterocycles. The van der Waals surface area contributed by atoms with Crippen LogP contribution in [-0.4, -0.2) is 25.8 Å². The van der Waals surface area contributed by atoms with Crippen LogP contribution in [0.15, 0.2) is 42.1 Å². The van der Waals surface area contributed by atoms with Crippen LogP contribution in [-0.2, 0) is 18.4 Å². The molecule has 3 rings (SSSR count). The molecule has 5 heteroatoms. The van der Waals surface area contributed by atoms with E-state index in [1.54, 1.807) is 0 Å². The highest BCUT2D eigenvalue weighted by molar-refractivity contribution is 5.88. The first-order chi connectivity index (χ1) is 13.4. The van der Waals surface area contributed by atoms with E-state index in [1.165, 1.54) is 0 Å². The van der Waals surface area contributed by atoms with Crippen LogP contribution in [0.5, 0.6) is 0 Å². The molecule has 2 aromatic rings. The van der Waals surface area contributed by atoms with E-state index in [2.05, 4.69) is 43.2 Å². The van der Waals surface area contributed by atoms with E-state index >= 15 is 0 Å². The first-order valence-corrected chi connectivity index (χ1v) is 10.1. The minimum atomic E-state index is -0.0636. The maximum Gasteiger partial charge on any atom is 0.230 e. The number of carbonyl (C=O) groups is 1. The number of carbonyl (C=O) groups excluding carboxylic acids is 1. The third-order valence-electron chi connectivity index (χ3n) is 5.65. The van der Waals surface area contributed by atoms with E-state index in [0.717, 1.165) is 40.2 Å². The zero-order valence-corrected chi connectivity index (χ0v) is 17.7. The Bertz CT molecular complexity index is 936. The second kappa shape index (κ2) is 8.13. The lowest BCUT2D eigenvalue weighted by molar-refractivity contribution is -0.134. The predicted octanol–water partition coefficient (Wildman–Crippen LogP) is 4.81. The Morgan fingerprint density at radius 3 is 2.61 bits per heavy atom. The molecule has 0 spiro atoms. The number of allylic oxidation sites excluding steroid dienone is 3. The molecule has 1 unspecified atom stereocenters. The van der Waals surface area contributed by atoms with Crippen LogP contribution >= 0.6 is 0 Å². The molecule has 1 aliphatic rings. The summed E-state index contributed by atoms with van der Waals surface area (Å²) in [6.07, 6.45) is 4.80. The molecule has 0 bridgehead atoms. The van der Waals surface area contributed by atoms with E-state index in [-0.39, 0.29) is 17.7 Å². The Labute approximate surface area is 167 Å². The van der Waals surface area contributed by atoms with Gasteiger partial charge in [0.2, 0.25) is 5.91 Å². The zero-order valence-electron chi connectivity index (χ0n) is 17.7. The first-order valence-electron chi connectivity index (χ1n) is 10.1. The number of nitrogens with zero attached hydrogens (tertiary/aromatic N) is 4. The Morgan fingerprint density at radius 1 is 1.25 bits per heavy atom. The molecule has 0 aliphatic carbocycles. The van der Waals surface area contributed by atoms with Crippen LogP contribution in [0.1, 0.15) is 52.3 Å². The normalized spacial score (nSPS) is 18.0. The number of amides is 1. The molecule has 148 valence electrons. The van der Waals surface area contributed by atoms with Crippen LogP contribution in [0, 0.1) is 11.8 Å². The van der Waals surface area contributed by atoms with E-state index in [1.807, 2.05) is 54.8 Å². The average molecular weight is 379 g/mol. The summed E-state index contributed by atoms with van der Waals surface area (Å²) in [5, 5.41) is 8.81. The van der Waals surface area contributed by atoms with Gasteiger partial charge in [-0.25, -0.2) is 4.68 Å². The molecule has 1 aromatic carbocycles. The van der Waals surface area contributed by atoms with Gasteiger partial charge in [0.15, 0.2) is 0 Å². The standard InChI is InChI=1S/C23H30N4O/c1-7-11-20-18(8-2)21-22(26(6)25-24-21)19-13-10-9-12-17(19)14-27(20)23(28)16(5)15(3)4/h7,9-13,15-16H,8,14H2,1-6H3/b11-7-,20-18-. The van der Waals surface area contributed by atoms with Gasteiger partial charge in [-0.3, -0.25) is 4.79 Å². The zero-order chi connectivity index (χ0) is 20.4. The SMILES string of the molecule is C/C=C\C1=C(/CC)c2nnn(C)c2-c2ccccc2CN1C(=O)C(C)C(C)C. The Morgan fingerprint density at radius 2 is 1.96 bits per heavy atom. The fraction of sp³-hybridized carbons (Fsp3) is 0.435. The number of aryl methyl sites for hydroxylation is 1. The summed E-state index contributed by atoms with van der Waals surface area (Å²) >= 11 is 0. The quantitative estimate of drug-likeness (QED) is 0.767. The van der Waals surface area contributed by atoms with Crippen molar-refractivity contribution in [2.45, 2.75) is 47.6 Å². The summed E-state index contributed by atoms with van der Waals surface area (Å²) in [5.41, 5.74) is 6.05. The van der Waals surface area contributed by atoms with Crippen molar-refractivity contribution in [2.75, 3.05) is 0 Å². The van der Waals surface area contributed by atoms with Gasteiger partial charge < -0.3 is 4.90 Å². The van der Waals surface area contributed by atoms with Crippen molar-refractivity contribution in [1.29, 1.82) is 0 Å². The molecule has 28 heavy (non-hydrogen) atoms. The molecular formula is C23H30N4O. The van der Waals surface area contributed by atoms with Gasteiger partial charge in [0.25, 0.3) is 0 Å². The second-order valence-electron chi connectivity index (χ2n) is 7.74. The molecule has 1 amide bonds. The minimum absolute atomic E-state index is 0.0636. The van der Waals surface area contributed by atoms with E-state index < -0.39 is 0 Å². The Hall–Kier alpha value is -2.69. The molecule has 5 nitrogen and oxygen atoms in total. The highest BCUT2D eigenvalue weighted by Gasteiger charge is 2.31. The monoisotopic (exact) mass is 378 g/mol. The third-order valence-corrected chi connectivity index (χ3v) is 5.65. The van der Waals surface area contributed by atoms with Crippen LogP contribution in [0.25, 0.3) is 16.8 Å². The lowest BCUT2D eigenvalue weighted by atomic mass is 9.91. The van der Waals surface area contributed by atoms with Crippen LogP contribution in [0.2, 0.25) is 0 Å². The fourth-order valence-electron chi connectivity index (χ4n) is 3.72. The molecule has 0 saturated carbocycles. The molecule has 2 heterocycles. The Kier molecular flexibility index (Phi) is 5.82. The Balaban J connectivity index is 2.33. The van der Waals surface area contributed by atoms with Crippen molar-refractivity contribution in [3.05, 3.63) is 53.4 Å². The molecular weight excluding hydrogens is 348 g/mol. The van der Waals surface area contributed by atoms with Crippen molar-refractivity contribution in [2.24, 2.45) is 18.9 Å². The van der Waals surface area contributed by atoms with Gasteiger partial charge in [-0.15, -0.1) is 5.10 Å². The molecule has 0 saturated heterocycles. The van der Waals surface area contributed by atoms with Gasteiger partial charge in [0.1, 0.15) is 5.69 Å². The summed E-state index contributed by atoms with van der Waals surface area (Å²) in [6.45, 7) is 10.9. The van der Waals surface area contributed by atoms with Crippen LogP contribution in [0.3, 0.4) is 0 Å². The molecule has 1 aliphatic heterocycles. The molecule has 0 radical (unpaired) electrons. The van der Waals surface area contributed by atoms with Gasteiger partial charge in [-0.1, -0.05) is 63.2 Å². The van der Waals surface area contributed by atoms with E-state index in [4.69, 9.17) is 0 Å². The van der Waals surface area contributed by atoms with Gasteiger partial charge in [0.05, 0.1) is 12.2 Å². The maximum absolute atomic E-state index is 13.5. The second-order valence-corrected chi connectivity index (χ2v) is 7.74. The largest absolute Gasteiger partial charge is 0.307 e. The molecule has 1 atom stereocenters. The smallest absolute Gasteiger partial charge is 0.230 e.